The molecule has 0 saturated carbocycles. The van der Waals surface area contributed by atoms with Gasteiger partial charge in [0.05, 0.1) is 17.6 Å². The number of likely N-dealkylation sites (N-methyl/N-ethyl adjacent to an activating group) is 1. The van der Waals surface area contributed by atoms with Gasteiger partial charge in [-0.15, -0.1) is 11.3 Å². The molecule has 3 fully saturated rings. The molecule has 0 aliphatic carbocycles. The van der Waals surface area contributed by atoms with E-state index < -0.39 is 0 Å². The second-order valence-corrected chi connectivity index (χ2v) is 8.36. The molecule has 6 heteroatoms. The minimum Gasteiger partial charge on any atom is -0.376 e. The van der Waals surface area contributed by atoms with E-state index in [9.17, 15) is 4.79 Å². The highest BCUT2D eigenvalue weighted by Crippen LogP contribution is 2.35. The molecule has 132 valence electrons. The summed E-state index contributed by atoms with van der Waals surface area (Å²) in [5.41, 5.74) is 0. The third-order valence-electron chi connectivity index (χ3n) is 5.86. The van der Waals surface area contributed by atoms with Gasteiger partial charge in [-0.05, 0) is 30.8 Å². The molecule has 3 atom stereocenters. The molecule has 3 aliphatic heterocycles. The van der Waals surface area contributed by atoms with Crippen molar-refractivity contribution >= 4 is 17.2 Å². The van der Waals surface area contributed by atoms with E-state index in [0.29, 0.717) is 11.8 Å². The van der Waals surface area contributed by atoms with Gasteiger partial charge in [0.25, 0.3) is 5.91 Å². The molecule has 0 radical (unpaired) electrons. The van der Waals surface area contributed by atoms with Crippen molar-refractivity contribution in [1.82, 2.24) is 14.7 Å². The van der Waals surface area contributed by atoms with Crippen LogP contribution in [0.15, 0.2) is 17.5 Å². The number of rotatable bonds is 3. The summed E-state index contributed by atoms with van der Waals surface area (Å²) in [4.78, 5) is 20.5. The average Bonchev–Trinajstić information content (AvgIpc) is 3.26. The summed E-state index contributed by atoms with van der Waals surface area (Å²) < 4.78 is 6.16. The molecule has 5 nitrogen and oxygen atoms in total. The first-order valence-corrected chi connectivity index (χ1v) is 9.94. The molecule has 1 aromatic heterocycles. The Kier molecular flexibility index (Phi) is 4.90. The van der Waals surface area contributed by atoms with Crippen molar-refractivity contribution < 1.29 is 9.53 Å². The third-order valence-corrected chi connectivity index (χ3v) is 6.72. The van der Waals surface area contributed by atoms with Crippen molar-refractivity contribution in [2.45, 2.75) is 12.5 Å². The highest BCUT2D eigenvalue weighted by atomic mass is 32.1. The Hall–Kier alpha value is -0.950. The summed E-state index contributed by atoms with van der Waals surface area (Å²) in [5, 5.41) is 1.98. The lowest BCUT2D eigenvalue weighted by atomic mass is 9.84. The van der Waals surface area contributed by atoms with Crippen molar-refractivity contribution in [3.8, 4) is 0 Å². The predicted octanol–water partition coefficient (Wildman–Crippen LogP) is 1.47. The summed E-state index contributed by atoms with van der Waals surface area (Å²) in [6.45, 7) is 8.19. The number of likely N-dealkylation sites (tertiary alicyclic amines) is 1. The number of thiophene rings is 1. The van der Waals surface area contributed by atoms with Crippen LogP contribution in [0.3, 0.4) is 0 Å². The van der Waals surface area contributed by atoms with E-state index >= 15 is 0 Å². The number of fused-ring (bicyclic) bond motifs is 1. The predicted molar refractivity (Wildman–Crippen MR) is 95.5 cm³/mol. The lowest BCUT2D eigenvalue weighted by Crippen LogP contribution is -2.50. The Bertz CT molecular complexity index is 557. The molecule has 1 aromatic rings. The monoisotopic (exact) mass is 349 g/mol. The van der Waals surface area contributed by atoms with Gasteiger partial charge in [-0.25, -0.2) is 0 Å². The van der Waals surface area contributed by atoms with Gasteiger partial charge in [0.2, 0.25) is 0 Å². The highest BCUT2D eigenvalue weighted by molar-refractivity contribution is 7.12. The van der Waals surface area contributed by atoms with E-state index in [1.807, 2.05) is 17.5 Å². The summed E-state index contributed by atoms with van der Waals surface area (Å²) in [6.07, 6.45) is 1.37. The molecule has 0 aromatic carbocycles. The Labute approximate surface area is 148 Å². The molecule has 4 heterocycles. The van der Waals surface area contributed by atoms with E-state index in [1.165, 1.54) is 0 Å². The molecular weight excluding hydrogens is 322 g/mol. The largest absolute Gasteiger partial charge is 0.376 e. The Morgan fingerprint density at radius 3 is 2.88 bits per heavy atom. The fourth-order valence-electron chi connectivity index (χ4n) is 4.24. The zero-order valence-corrected chi connectivity index (χ0v) is 15.2. The molecule has 0 N–H and O–H groups in total. The lowest BCUT2D eigenvalue weighted by molar-refractivity contribution is 0.0292. The SMILES string of the molecule is CN1CCN(C[C@@H]2OC[C@H]3CCN(C(=O)c4cccs4)C[C@H]32)CC1. The van der Waals surface area contributed by atoms with E-state index in [0.717, 1.165) is 63.7 Å². The van der Waals surface area contributed by atoms with Gasteiger partial charge in [-0.2, -0.15) is 0 Å². The zero-order valence-electron chi connectivity index (χ0n) is 14.4. The van der Waals surface area contributed by atoms with Gasteiger partial charge in [0.1, 0.15) is 0 Å². The van der Waals surface area contributed by atoms with Crippen LogP contribution in [0.5, 0.6) is 0 Å². The molecule has 24 heavy (non-hydrogen) atoms. The van der Waals surface area contributed by atoms with Gasteiger partial charge in [0.15, 0.2) is 0 Å². The van der Waals surface area contributed by atoms with Crippen LogP contribution in [-0.2, 0) is 4.74 Å². The van der Waals surface area contributed by atoms with Crippen molar-refractivity contribution in [2.75, 3.05) is 59.5 Å². The average molecular weight is 350 g/mol. The van der Waals surface area contributed by atoms with Crippen LogP contribution in [-0.4, -0.2) is 86.2 Å². The Morgan fingerprint density at radius 1 is 1.29 bits per heavy atom. The first-order chi connectivity index (χ1) is 11.7. The quantitative estimate of drug-likeness (QED) is 0.828. The maximum Gasteiger partial charge on any atom is 0.263 e. The minimum atomic E-state index is 0.202. The number of carbonyl (C=O) groups is 1. The maximum absolute atomic E-state index is 12.7. The molecule has 3 saturated heterocycles. The zero-order chi connectivity index (χ0) is 16.5. The number of hydrogen-bond donors (Lipinski definition) is 0. The van der Waals surface area contributed by atoms with Crippen LogP contribution in [0.25, 0.3) is 0 Å². The standard InChI is InChI=1S/C18H27N3O2S/c1-19-6-8-20(9-7-19)12-16-15-11-21(5-4-14(15)13-23-16)18(22)17-3-2-10-24-17/h2-3,10,14-16H,4-9,11-13H2,1H3/t14-,15-,16+/m1/s1. The van der Waals surface area contributed by atoms with E-state index in [4.69, 9.17) is 4.74 Å². The van der Waals surface area contributed by atoms with Crippen LogP contribution in [0.1, 0.15) is 16.1 Å². The molecule has 0 bridgehead atoms. The fraction of sp³-hybridized carbons (Fsp3) is 0.722. The fourth-order valence-corrected chi connectivity index (χ4v) is 4.93. The number of hydrogen-bond acceptors (Lipinski definition) is 5. The van der Waals surface area contributed by atoms with Crippen LogP contribution >= 0.6 is 11.3 Å². The topological polar surface area (TPSA) is 36.0 Å². The lowest BCUT2D eigenvalue weighted by Gasteiger charge is -2.38. The van der Waals surface area contributed by atoms with Crippen LogP contribution in [0.4, 0.5) is 0 Å². The van der Waals surface area contributed by atoms with Gasteiger partial charge in [-0.1, -0.05) is 6.07 Å². The van der Waals surface area contributed by atoms with Gasteiger partial charge < -0.3 is 14.5 Å². The van der Waals surface area contributed by atoms with E-state index in [1.54, 1.807) is 11.3 Å². The smallest absolute Gasteiger partial charge is 0.263 e. The number of nitrogens with zero attached hydrogens (tertiary/aromatic N) is 3. The van der Waals surface area contributed by atoms with Crippen molar-refractivity contribution in [3.05, 3.63) is 22.4 Å². The first kappa shape index (κ1) is 16.5. The molecule has 4 rings (SSSR count). The normalized spacial score (nSPS) is 32.0. The molecule has 1 amide bonds. The number of carbonyl (C=O) groups excluding carboxylic acids is 1. The third kappa shape index (κ3) is 3.38. The Balaban J connectivity index is 1.37. The van der Waals surface area contributed by atoms with Crippen molar-refractivity contribution in [2.24, 2.45) is 11.8 Å². The summed E-state index contributed by atoms with van der Waals surface area (Å²) >= 11 is 1.54. The maximum atomic E-state index is 12.7. The Morgan fingerprint density at radius 2 is 2.12 bits per heavy atom. The summed E-state index contributed by atoms with van der Waals surface area (Å²) in [5.74, 6) is 1.34. The number of amides is 1. The summed E-state index contributed by atoms with van der Waals surface area (Å²) in [6, 6.07) is 3.89. The molecule has 0 spiro atoms. The molecule has 0 unspecified atom stereocenters. The van der Waals surface area contributed by atoms with Crippen LogP contribution in [0, 0.1) is 11.8 Å². The van der Waals surface area contributed by atoms with Gasteiger partial charge in [0, 0.05) is 51.7 Å². The molecular formula is C18H27N3O2S. The number of ether oxygens (including phenoxy) is 1. The number of piperazine rings is 1. The van der Waals surface area contributed by atoms with Crippen LogP contribution in [0.2, 0.25) is 0 Å². The number of piperidine rings is 1. The summed E-state index contributed by atoms with van der Waals surface area (Å²) in [7, 11) is 2.19. The van der Waals surface area contributed by atoms with Gasteiger partial charge in [-0.3, -0.25) is 9.69 Å². The second kappa shape index (κ2) is 7.12. The van der Waals surface area contributed by atoms with Gasteiger partial charge >= 0.3 is 0 Å². The highest BCUT2D eigenvalue weighted by Gasteiger charge is 2.42. The van der Waals surface area contributed by atoms with Crippen molar-refractivity contribution in [1.29, 1.82) is 0 Å². The minimum absolute atomic E-state index is 0.202. The van der Waals surface area contributed by atoms with E-state index in [-0.39, 0.29) is 12.0 Å². The second-order valence-electron chi connectivity index (χ2n) is 7.42. The van der Waals surface area contributed by atoms with E-state index in [2.05, 4.69) is 21.7 Å². The van der Waals surface area contributed by atoms with Crippen LogP contribution < -0.4 is 0 Å². The first-order valence-electron chi connectivity index (χ1n) is 9.06. The van der Waals surface area contributed by atoms with Crippen molar-refractivity contribution in [3.63, 3.8) is 0 Å². The molecule has 3 aliphatic rings.